The Morgan fingerprint density at radius 2 is 1.93 bits per heavy atom. The molecule has 1 fully saturated rings. The minimum atomic E-state index is 0.729. The monoisotopic (exact) mass is 397 g/mol. The van der Waals surface area contributed by atoms with Crippen molar-refractivity contribution >= 4 is 27.4 Å². The molecule has 28 heavy (non-hydrogen) atoms. The third-order valence-corrected chi connectivity index (χ3v) is 5.72. The molecule has 1 aliphatic heterocycles. The number of morpholine rings is 1. The lowest BCUT2D eigenvalue weighted by molar-refractivity contribution is 0.0398. The fraction of sp³-hybridized carbons (Fsp3) is 0.429. The van der Waals surface area contributed by atoms with E-state index in [0.29, 0.717) is 0 Å². The summed E-state index contributed by atoms with van der Waals surface area (Å²) in [6.45, 7) is 6.23. The van der Waals surface area contributed by atoms with Crippen molar-refractivity contribution in [2.75, 3.05) is 58.8 Å². The van der Waals surface area contributed by atoms with E-state index in [0.717, 1.165) is 67.8 Å². The van der Waals surface area contributed by atoms with Gasteiger partial charge in [-0.15, -0.1) is 11.3 Å². The van der Waals surface area contributed by atoms with Gasteiger partial charge in [0.25, 0.3) is 0 Å². The first kappa shape index (κ1) is 19.3. The lowest BCUT2D eigenvalue weighted by Crippen LogP contribution is -2.39. The van der Waals surface area contributed by atoms with E-state index in [2.05, 4.69) is 44.8 Å². The van der Waals surface area contributed by atoms with Crippen molar-refractivity contribution in [2.45, 2.75) is 6.54 Å². The first-order valence-corrected chi connectivity index (χ1v) is 10.6. The summed E-state index contributed by atoms with van der Waals surface area (Å²) in [5, 5.41) is 6.92. The molecule has 0 atom stereocenters. The number of rotatable bonds is 7. The third-order valence-electron chi connectivity index (χ3n) is 4.85. The summed E-state index contributed by atoms with van der Waals surface area (Å²) in [4.78, 5) is 15.3. The van der Waals surface area contributed by atoms with Crippen LogP contribution in [0.1, 0.15) is 5.82 Å². The van der Waals surface area contributed by atoms with Crippen molar-refractivity contribution in [1.82, 2.24) is 19.8 Å². The molecule has 0 spiro atoms. The molecule has 0 radical (unpaired) electrons. The first-order chi connectivity index (χ1) is 13.7. The second-order valence-corrected chi connectivity index (χ2v) is 8.16. The highest BCUT2D eigenvalue weighted by Crippen LogP contribution is 2.36. The molecule has 1 saturated heterocycles. The molecule has 0 unspecified atom stereocenters. The minimum Gasteiger partial charge on any atom is -0.379 e. The molecule has 148 valence electrons. The van der Waals surface area contributed by atoms with E-state index in [1.165, 1.54) is 11.1 Å². The molecule has 2 aromatic heterocycles. The molecule has 0 bridgehead atoms. The Labute approximate surface area is 170 Å². The van der Waals surface area contributed by atoms with Crippen LogP contribution in [0, 0.1) is 0 Å². The van der Waals surface area contributed by atoms with Crippen LogP contribution in [0.2, 0.25) is 0 Å². The van der Waals surface area contributed by atoms with E-state index in [1.807, 2.05) is 20.2 Å². The average molecular weight is 398 g/mol. The number of benzene rings is 1. The van der Waals surface area contributed by atoms with Crippen molar-refractivity contribution in [1.29, 1.82) is 0 Å². The molecule has 0 saturated carbocycles. The Morgan fingerprint density at radius 1 is 1.14 bits per heavy atom. The number of ether oxygens (including phenoxy) is 1. The number of aromatic nitrogens is 2. The normalized spacial score (nSPS) is 15.4. The summed E-state index contributed by atoms with van der Waals surface area (Å²) < 4.78 is 5.44. The molecule has 1 N–H and O–H groups in total. The van der Waals surface area contributed by atoms with Gasteiger partial charge in [-0.05, 0) is 19.7 Å². The number of nitrogens with one attached hydrogen (secondary N) is 1. The van der Waals surface area contributed by atoms with Gasteiger partial charge in [0, 0.05) is 37.1 Å². The van der Waals surface area contributed by atoms with Crippen molar-refractivity contribution in [3.05, 3.63) is 41.5 Å². The predicted molar refractivity (Wildman–Crippen MR) is 116 cm³/mol. The van der Waals surface area contributed by atoms with E-state index >= 15 is 0 Å². The molecule has 7 heteroatoms. The number of fused-ring (bicyclic) bond motifs is 1. The highest BCUT2D eigenvalue weighted by molar-refractivity contribution is 7.17. The second kappa shape index (κ2) is 8.96. The molecule has 4 rings (SSSR count). The van der Waals surface area contributed by atoms with E-state index in [1.54, 1.807) is 11.3 Å². The largest absolute Gasteiger partial charge is 0.379 e. The van der Waals surface area contributed by atoms with Gasteiger partial charge in [0.05, 0.1) is 25.1 Å². The standard InChI is InChI=1S/C21H27N5OS/c1-25(2)14-18-23-20(22-8-9-26-10-12-27-13-11-26)19-17(15-28-21(19)24-18)16-6-4-3-5-7-16/h3-7,15H,8-14H2,1-2H3,(H,22,23,24). The van der Waals surface area contributed by atoms with Gasteiger partial charge in [0.2, 0.25) is 0 Å². The van der Waals surface area contributed by atoms with Gasteiger partial charge in [-0.1, -0.05) is 30.3 Å². The van der Waals surface area contributed by atoms with Crippen molar-refractivity contribution in [3.63, 3.8) is 0 Å². The zero-order valence-electron chi connectivity index (χ0n) is 16.5. The fourth-order valence-electron chi connectivity index (χ4n) is 3.45. The quantitative estimate of drug-likeness (QED) is 0.661. The molecule has 3 heterocycles. The summed E-state index contributed by atoms with van der Waals surface area (Å²) in [6, 6.07) is 10.5. The molecule has 3 aromatic rings. The summed E-state index contributed by atoms with van der Waals surface area (Å²) >= 11 is 1.69. The van der Waals surface area contributed by atoms with Gasteiger partial charge in [0.15, 0.2) is 0 Å². The van der Waals surface area contributed by atoms with Gasteiger partial charge in [0.1, 0.15) is 16.5 Å². The second-order valence-electron chi connectivity index (χ2n) is 7.30. The highest BCUT2D eigenvalue weighted by atomic mass is 32.1. The van der Waals surface area contributed by atoms with Crippen LogP contribution >= 0.6 is 11.3 Å². The number of anilines is 1. The summed E-state index contributed by atoms with van der Waals surface area (Å²) in [5.74, 6) is 1.79. The van der Waals surface area contributed by atoms with Crippen molar-refractivity contribution in [3.8, 4) is 11.1 Å². The number of hydrogen-bond acceptors (Lipinski definition) is 7. The van der Waals surface area contributed by atoms with E-state index in [-0.39, 0.29) is 0 Å². The number of hydrogen-bond donors (Lipinski definition) is 1. The summed E-state index contributed by atoms with van der Waals surface area (Å²) in [5.41, 5.74) is 2.40. The molecule has 6 nitrogen and oxygen atoms in total. The first-order valence-electron chi connectivity index (χ1n) is 9.73. The molecular weight excluding hydrogens is 370 g/mol. The Bertz CT molecular complexity index is 906. The molecule has 1 aromatic carbocycles. The van der Waals surface area contributed by atoms with Crippen LogP contribution < -0.4 is 5.32 Å². The van der Waals surface area contributed by atoms with Crippen LogP contribution in [0.5, 0.6) is 0 Å². The third kappa shape index (κ3) is 4.50. The van der Waals surface area contributed by atoms with Crippen LogP contribution in [0.4, 0.5) is 5.82 Å². The minimum absolute atomic E-state index is 0.729. The van der Waals surface area contributed by atoms with Crippen LogP contribution in [0.25, 0.3) is 21.3 Å². The maximum absolute atomic E-state index is 5.44. The van der Waals surface area contributed by atoms with Crippen LogP contribution in [-0.2, 0) is 11.3 Å². The Hall–Kier alpha value is -2.06. The van der Waals surface area contributed by atoms with E-state index < -0.39 is 0 Å². The molecular formula is C21H27N5OS. The van der Waals surface area contributed by atoms with Gasteiger partial charge < -0.3 is 15.0 Å². The van der Waals surface area contributed by atoms with Crippen LogP contribution in [-0.4, -0.2) is 73.3 Å². The zero-order valence-corrected chi connectivity index (χ0v) is 17.3. The molecule has 0 amide bonds. The maximum atomic E-state index is 5.44. The topological polar surface area (TPSA) is 53.5 Å². The van der Waals surface area contributed by atoms with Gasteiger partial charge in [-0.25, -0.2) is 9.97 Å². The van der Waals surface area contributed by atoms with Gasteiger partial charge in [-0.3, -0.25) is 4.90 Å². The van der Waals surface area contributed by atoms with E-state index in [9.17, 15) is 0 Å². The Morgan fingerprint density at radius 3 is 2.68 bits per heavy atom. The van der Waals surface area contributed by atoms with E-state index in [4.69, 9.17) is 14.7 Å². The fourth-order valence-corrected chi connectivity index (χ4v) is 4.42. The smallest absolute Gasteiger partial charge is 0.146 e. The van der Waals surface area contributed by atoms with Crippen molar-refractivity contribution < 1.29 is 4.74 Å². The number of nitrogens with zero attached hydrogens (tertiary/aromatic N) is 4. The predicted octanol–water partition coefficient (Wildman–Crippen LogP) is 3.16. The van der Waals surface area contributed by atoms with Crippen LogP contribution in [0.3, 0.4) is 0 Å². The summed E-state index contributed by atoms with van der Waals surface area (Å²) in [6.07, 6.45) is 0. The molecule has 0 aliphatic carbocycles. The number of thiophene rings is 1. The average Bonchev–Trinajstić information content (AvgIpc) is 3.13. The SMILES string of the molecule is CN(C)Cc1nc(NCCN2CCOCC2)c2c(-c3ccccc3)csc2n1. The molecule has 1 aliphatic rings. The van der Waals surface area contributed by atoms with Gasteiger partial charge >= 0.3 is 0 Å². The Kier molecular flexibility index (Phi) is 6.17. The maximum Gasteiger partial charge on any atom is 0.146 e. The lowest BCUT2D eigenvalue weighted by atomic mass is 10.1. The lowest BCUT2D eigenvalue weighted by Gasteiger charge is -2.26. The van der Waals surface area contributed by atoms with Crippen LogP contribution in [0.15, 0.2) is 35.7 Å². The zero-order chi connectivity index (χ0) is 19.3. The Balaban J connectivity index is 1.63. The van der Waals surface area contributed by atoms with Gasteiger partial charge in [-0.2, -0.15) is 0 Å². The summed E-state index contributed by atoms with van der Waals surface area (Å²) in [7, 11) is 4.09. The highest BCUT2D eigenvalue weighted by Gasteiger charge is 2.16. The van der Waals surface area contributed by atoms with Crippen molar-refractivity contribution in [2.24, 2.45) is 0 Å².